The van der Waals surface area contributed by atoms with Gasteiger partial charge in [-0.3, -0.25) is 9.59 Å². The Morgan fingerprint density at radius 1 is 0.518 bits per heavy atom. The maximum atomic E-state index is 14.0. The standard InChI is InChI=1S/C38H32F6N6O4.2ClH/c1-47(2)29(51)21-49-17-13-25(14-18-49)31-33(37(39,40)41)53-35(45-31)27-9-5-23(6-10-27)24-7-11-28(12-8-24)36-46-32(34(54-36)38(42,43)44)26-15-19-50(20-16-26)22-30(52)48(3)4;;/h5-20H,21-22H2,1-4H3;2*1H/q+2;;/p-2. The fourth-order valence-corrected chi connectivity index (χ4v) is 5.31. The number of benzene rings is 2. The minimum absolute atomic E-state index is 0. The summed E-state index contributed by atoms with van der Waals surface area (Å²) in [5.74, 6) is -3.43. The van der Waals surface area contributed by atoms with Crippen molar-refractivity contribution < 1.29 is 78.7 Å². The van der Waals surface area contributed by atoms with Crippen molar-refractivity contribution in [2.24, 2.45) is 0 Å². The SMILES string of the molecule is CN(C)C(=O)C[n+]1ccc(-c2nc(-c3ccc(-c4ccc(-c5nc(-c6cc[n+](CC(=O)N(C)C)cc6)c(C(F)(F)F)o5)cc4)cc3)oc2C(F)(F)F)cc1.[Cl-].[Cl-]. The predicted octanol–water partition coefficient (Wildman–Crippen LogP) is 0.795. The van der Waals surface area contributed by atoms with Gasteiger partial charge in [-0.2, -0.15) is 35.5 Å². The van der Waals surface area contributed by atoms with Crippen molar-refractivity contribution in [1.82, 2.24) is 19.8 Å². The highest BCUT2D eigenvalue weighted by Gasteiger charge is 2.41. The molecular weight excluding hydrogens is 789 g/mol. The number of hydrogen-bond donors (Lipinski definition) is 0. The molecule has 0 N–H and O–H groups in total. The maximum absolute atomic E-state index is 14.0. The molecule has 6 rings (SSSR count). The summed E-state index contributed by atoms with van der Waals surface area (Å²) < 4.78 is 97.6. The van der Waals surface area contributed by atoms with Crippen LogP contribution in [0.4, 0.5) is 26.3 Å². The van der Waals surface area contributed by atoms with Crippen molar-refractivity contribution in [3.8, 4) is 56.6 Å². The second kappa shape index (κ2) is 17.0. The van der Waals surface area contributed by atoms with E-state index < -0.39 is 35.3 Å². The lowest BCUT2D eigenvalue weighted by atomic mass is 10.0. The van der Waals surface area contributed by atoms with Gasteiger partial charge in [0.05, 0.1) is 0 Å². The number of amides is 2. The topological polar surface area (TPSA) is 100 Å². The molecule has 0 aliphatic carbocycles. The largest absolute Gasteiger partial charge is 1.00 e. The molecule has 18 heteroatoms. The Bertz CT molecular complexity index is 2130. The van der Waals surface area contributed by atoms with Crippen LogP contribution in [-0.2, 0) is 35.0 Å². The third-order valence-corrected chi connectivity index (χ3v) is 8.33. The summed E-state index contributed by atoms with van der Waals surface area (Å²) in [7, 11) is 6.39. The first-order valence-electron chi connectivity index (χ1n) is 16.2. The van der Waals surface area contributed by atoms with E-state index in [0.717, 1.165) is 0 Å². The van der Waals surface area contributed by atoms with Crippen molar-refractivity contribution in [3.63, 3.8) is 0 Å². The van der Waals surface area contributed by atoms with Crippen LogP contribution in [0.15, 0.2) is 106 Å². The van der Waals surface area contributed by atoms with Gasteiger partial charge in [-0.25, -0.2) is 9.97 Å². The first kappa shape index (κ1) is 43.0. The fraction of sp³-hybridized carbons (Fsp3) is 0.211. The number of nitrogens with zero attached hydrogens (tertiary/aromatic N) is 6. The van der Waals surface area contributed by atoms with Gasteiger partial charge in [0, 0.05) is 74.7 Å². The maximum Gasteiger partial charge on any atom is 0.451 e. The summed E-state index contributed by atoms with van der Waals surface area (Å²) in [6.45, 7) is 0.0196. The first-order chi connectivity index (χ1) is 25.5. The molecule has 0 fully saturated rings. The molecule has 0 saturated heterocycles. The number of carbonyl (C=O) groups is 2. The van der Waals surface area contributed by atoms with Gasteiger partial charge in [-0.15, -0.1) is 0 Å². The molecule has 0 unspecified atom stereocenters. The number of carbonyl (C=O) groups excluding carboxylic acids is 2. The van der Waals surface area contributed by atoms with Crippen molar-refractivity contribution in [2.75, 3.05) is 28.2 Å². The van der Waals surface area contributed by atoms with Gasteiger partial charge in [0.1, 0.15) is 11.4 Å². The smallest absolute Gasteiger partial charge is 0.451 e. The van der Waals surface area contributed by atoms with E-state index in [0.29, 0.717) is 11.1 Å². The first-order valence-corrected chi connectivity index (χ1v) is 16.2. The number of pyridine rings is 2. The van der Waals surface area contributed by atoms with E-state index in [2.05, 4.69) is 9.97 Å². The van der Waals surface area contributed by atoms with Crippen LogP contribution in [0.25, 0.3) is 56.6 Å². The Labute approximate surface area is 328 Å². The van der Waals surface area contributed by atoms with Crippen LogP contribution < -0.4 is 33.9 Å². The summed E-state index contributed by atoms with van der Waals surface area (Å²) in [4.78, 5) is 35.2. The molecule has 2 amide bonds. The van der Waals surface area contributed by atoms with Crippen molar-refractivity contribution >= 4 is 11.8 Å². The van der Waals surface area contributed by atoms with Crippen LogP contribution >= 0.6 is 0 Å². The zero-order valence-electron chi connectivity index (χ0n) is 30.0. The van der Waals surface area contributed by atoms with Gasteiger partial charge in [-0.1, -0.05) is 24.3 Å². The lowest BCUT2D eigenvalue weighted by Crippen LogP contribution is -3.00. The van der Waals surface area contributed by atoms with Crippen molar-refractivity contribution in [3.05, 3.63) is 109 Å². The number of hydrogen-bond acceptors (Lipinski definition) is 6. The molecule has 0 atom stereocenters. The highest BCUT2D eigenvalue weighted by Crippen LogP contribution is 2.41. The number of halogens is 8. The number of likely N-dealkylation sites (N-methyl/N-ethyl adjacent to an activating group) is 2. The van der Waals surface area contributed by atoms with E-state index in [1.54, 1.807) is 76.7 Å². The Hall–Kier alpha value is -5.74. The molecule has 0 radical (unpaired) electrons. The second-order valence-electron chi connectivity index (χ2n) is 12.6. The van der Waals surface area contributed by atoms with Gasteiger partial charge >= 0.3 is 12.4 Å². The molecule has 10 nitrogen and oxygen atoms in total. The molecule has 0 bridgehead atoms. The highest BCUT2D eigenvalue weighted by molar-refractivity contribution is 5.75. The number of oxazole rings is 2. The van der Waals surface area contributed by atoms with Crippen molar-refractivity contribution in [1.29, 1.82) is 0 Å². The van der Waals surface area contributed by atoms with Crippen LogP contribution in [0.3, 0.4) is 0 Å². The molecule has 2 aromatic carbocycles. The number of alkyl halides is 6. The Morgan fingerprint density at radius 2 is 0.804 bits per heavy atom. The van der Waals surface area contributed by atoms with Gasteiger partial charge in [0.15, 0.2) is 24.8 Å². The van der Waals surface area contributed by atoms with Crippen LogP contribution in [0.5, 0.6) is 0 Å². The molecule has 294 valence electrons. The molecular formula is C38H32Cl2F6N6O4. The third kappa shape index (κ3) is 9.55. The minimum atomic E-state index is -4.84. The minimum Gasteiger partial charge on any atom is -1.00 e. The lowest BCUT2D eigenvalue weighted by Gasteiger charge is -2.07. The van der Waals surface area contributed by atoms with E-state index in [1.807, 2.05) is 0 Å². The summed E-state index contributed by atoms with van der Waals surface area (Å²) in [6.07, 6.45) is -3.74. The normalized spacial score (nSPS) is 11.4. The summed E-state index contributed by atoms with van der Waals surface area (Å²) in [5.41, 5.74) is 1.35. The Morgan fingerprint density at radius 3 is 1.07 bits per heavy atom. The van der Waals surface area contributed by atoms with E-state index in [-0.39, 0.29) is 83.8 Å². The molecule has 6 aromatic rings. The third-order valence-electron chi connectivity index (χ3n) is 8.33. The van der Waals surface area contributed by atoms with E-state index in [1.165, 1.54) is 68.0 Å². The molecule has 0 saturated carbocycles. The Kier molecular flexibility index (Phi) is 13.0. The van der Waals surface area contributed by atoms with E-state index in [4.69, 9.17) is 8.83 Å². The fourth-order valence-electron chi connectivity index (χ4n) is 5.31. The van der Waals surface area contributed by atoms with Gasteiger partial charge in [0.25, 0.3) is 11.8 Å². The average molecular weight is 822 g/mol. The molecule has 0 aliphatic heterocycles. The summed E-state index contributed by atoms with van der Waals surface area (Å²) >= 11 is 0. The molecule has 0 aliphatic rings. The highest BCUT2D eigenvalue weighted by atomic mass is 35.5. The monoisotopic (exact) mass is 820 g/mol. The van der Waals surface area contributed by atoms with Crippen LogP contribution in [0.1, 0.15) is 11.5 Å². The second-order valence-corrected chi connectivity index (χ2v) is 12.6. The molecule has 4 heterocycles. The zero-order valence-corrected chi connectivity index (χ0v) is 31.5. The Balaban J connectivity index is 0.00000348. The van der Waals surface area contributed by atoms with Crippen LogP contribution in [0, 0.1) is 0 Å². The van der Waals surface area contributed by atoms with Gasteiger partial charge in [-0.05, 0) is 35.4 Å². The average Bonchev–Trinajstić information content (AvgIpc) is 3.79. The molecule has 56 heavy (non-hydrogen) atoms. The van der Waals surface area contributed by atoms with Gasteiger partial charge < -0.3 is 43.4 Å². The zero-order chi connectivity index (χ0) is 38.9. The van der Waals surface area contributed by atoms with Gasteiger partial charge in [0.2, 0.25) is 36.4 Å². The van der Waals surface area contributed by atoms with Crippen LogP contribution in [-0.4, -0.2) is 59.8 Å². The van der Waals surface area contributed by atoms with E-state index >= 15 is 0 Å². The molecule has 4 aromatic heterocycles. The van der Waals surface area contributed by atoms with Crippen molar-refractivity contribution in [2.45, 2.75) is 25.4 Å². The molecule has 0 spiro atoms. The van der Waals surface area contributed by atoms with E-state index in [9.17, 15) is 35.9 Å². The number of aromatic nitrogens is 4. The number of rotatable bonds is 9. The van der Waals surface area contributed by atoms with Crippen LogP contribution in [0.2, 0.25) is 0 Å². The summed E-state index contributed by atoms with van der Waals surface area (Å²) in [5, 5.41) is 0. The quantitative estimate of drug-likeness (QED) is 0.158. The lowest BCUT2D eigenvalue weighted by molar-refractivity contribution is -0.685. The summed E-state index contributed by atoms with van der Waals surface area (Å²) in [6, 6.07) is 18.4. The predicted molar refractivity (Wildman–Crippen MR) is 182 cm³/mol.